The Kier molecular flexibility index (Phi) is 4.29. The van der Waals surface area contributed by atoms with Crippen LogP contribution in [0, 0.1) is 0 Å². The highest BCUT2D eigenvalue weighted by Gasteiger charge is 2.10. The molecule has 0 aliphatic heterocycles. The van der Waals surface area contributed by atoms with E-state index in [4.69, 9.17) is 33.7 Å². The first-order chi connectivity index (χ1) is 9.13. The Hall–Kier alpha value is -1.72. The quantitative estimate of drug-likeness (QED) is 0.908. The SMILES string of the molecule is COc1cccc(Cl)c1CNc1ncnc(N)c1Cl. The van der Waals surface area contributed by atoms with Crippen molar-refractivity contribution < 1.29 is 4.74 Å². The number of nitrogens with zero attached hydrogens (tertiary/aromatic N) is 2. The van der Waals surface area contributed by atoms with E-state index in [0.29, 0.717) is 23.1 Å². The molecule has 0 aliphatic rings. The summed E-state index contributed by atoms with van der Waals surface area (Å²) >= 11 is 12.1. The van der Waals surface area contributed by atoms with Crippen molar-refractivity contribution in [2.45, 2.75) is 6.54 Å². The fourth-order valence-corrected chi connectivity index (χ4v) is 1.98. The third-order valence-corrected chi connectivity index (χ3v) is 3.27. The van der Waals surface area contributed by atoms with Gasteiger partial charge in [-0.15, -0.1) is 0 Å². The van der Waals surface area contributed by atoms with Crippen molar-refractivity contribution in [1.29, 1.82) is 0 Å². The molecule has 1 aromatic carbocycles. The lowest BCUT2D eigenvalue weighted by molar-refractivity contribution is 0.410. The lowest BCUT2D eigenvalue weighted by Crippen LogP contribution is -2.06. The van der Waals surface area contributed by atoms with Gasteiger partial charge in [0.15, 0.2) is 5.82 Å². The molecule has 0 saturated heterocycles. The number of nitrogens with one attached hydrogen (secondary N) is 1. The zero-order valence-corrected chi connectivity index (χ0v) is 11.7. The lowest BCUT2D eigenvalue weighted by Gasteiger charge is -2.12. The minimum atomic E-state index is 0.227. The molecule has 0 aliphatic carbocycles. The highest BCUT2D eigenvalue weighted by atomic mass is 35.5. The third-order valence-electron chi connectivity index (χ3n) is 2.54. The Balaban J connectivity index is 2.21. The molecule has 100 valence electrons. The summed E-state index contributed by atoms with van der Waals surface area (Å²) in [7, 11) is 1.59. The summed E-state index contributed by atoms with van der Waals surface area (Å²) < 4.78 is 5.25. The monoisotopic (exact) mass is 298 g/mol. The second-order valence-corrected chi connectivity index (χ2v) is 4.48. The van der Waals surface area contributed by atoms with Gasteiger partial charge in [-0.3, -0.25) is 0 Å². The predicted octanol–water partition coefficient (Wildman–Crippen LogP) is 2.99. The number of hydrogen-bond donors (Lipinski definition) is 2. The van der Waals surface area contributed by atoms with Crippen molar-refractivity contribution in [1.82, 2.24) is 9.97 Å². The van der Waals surface area contributed by atoms with Crippen LogP contribution in [-0.4, -0.2) is 17.1 Å². The molecule has 5 nitrogen and oxygen atoms in total. The normalized spacial score (nSPS) is 10.3. The fourth-order valence-electron chi connectivity index (χ4n) is 1.58. The summed E-state index contributed by atoms with van der Waals surface area (Å²) in [6.07, 6.45) is 1.34. The van der Waals surface area contributed by atoms with Gasteiger partial charge >= 0.3 is 0 Å². The average molecular weight is 299 g/mol. The maximum absolute atomic E-state index is 6.14. The summed E-state index contributed by atoms with van der Waals surface area (Å²) in [5.41, 5.74) is 6.42. The van der Waals surface area contributed by atoms with Gasteiger partial charge in [0.2, 0.25) is 0 Å². The molecule has 0 amide bonds. The van der Waals surface area contributed by atoms with Crippen molar-refractivity contribution in [3.63, 3.8) is 0 Å². The van der Waals surface area contributed by atoms with Crippen molar-refractivity contribution in [3.8, 4) is 5.75 Å². The molecule has 1 aromatic heterocycles. The van der Waals surface area contributed by atoms with Crippen molar-refractivity contribution >= 4 is 34.8 Å². The van der Waals surface area contributed by atoms with Crippen LogP contribution in [0.2, 0.25) is 10.0 Å². The number of nitrogens with two attached hydrogens (primary N) is 1. The second kappa shape index (κ2) is 5.95. The van der Waals surface area contributed by atoms with E-state index in [0.717, 1.165) is 5.56 Å². The molecule has 2 rings (SSSR count). The van der Waals surface area contributed by atoms with Crippen LogP contribution in [0.4, 0.5) is 11.6 Å². The zero-order chi connectivity index (χ0) is 13.8. The molecule has 0 atom stereocenters. The number of anilines is 2. The summed E-state index contributed by atoms with van der Waals surface area (Å²) in [5.74, 6) is 1.37. The van der Waals surface area contributed by atoms with E-state index in [-0.39, 0.29) is 10.8 Å². The van der Waals surface area contributed by atoms with Crippen LogP contribution in [0.25, 0.3) is 0 Å². The smallest absolute Gasteiger partial charge is 0.150 e. The highest BCUT2D eigenvalue weighted by Crippen LogP contribution is 2.29. The Morgan fingerprint density at radius 2 is 2.11 bits per heavy atom. The molecular formula is C12H12Cl2N4O. The molecule has 7 heteroatoms. The van der Waals surface area contributed by atoms with Crippen molar-refractivity contribution in [3.05, 3.63) is 40.1 Å². The standard InChI is InChI=1S/C12H12Cl2N4O/c1-19-9-4-2-3-8(13)7(9)5-16-12-10(14)11(15)17-6-18-12/h2-4,6H,5H2,1H3,(H3,15,16,17,18). The Morgan fingerprint density at radius 1 is 1.32 bits per heavy atom. The number of hydrogen-bond acceptors (Lipinski definition) is 5. The van der Waals surface area contributed by atoms with Crippen LogP contribution in [-0.2, 0) is 6.54 Å². The lowest BCUT2D eigenvalue weighted by atomic mass is 10.2. The van der Waals surface area contributed by atoms with Gasteiger partial charge < -0.3 is 15.8 Å². The maximum Gasteiger partial charge on any atom is 0.150 e. The average Bonchev–Trinajstić information content (AvgIpc) is 2.41. The molecule has 0 spiro atoms. The van der Waals surface area contributed by atoms with Crippen LogP contribution in [0.15, 0.2) is 24.5 Å². The van der Waals surface area contributed by atoms with E-state index < -0.39 is 0 Å². The first-order valence-corrected chi connectivity index (χ1v) is 6.20. The molecule has 3 N–H and O–H groups in total. The highest BCUT2D eigenvalue weighted by molar-refractivity contribution is 6.35. The molecule has 0 fully saturated rings. The molecule has 0 radical (unpaired) electrons. The van der Waals surface area contributed by atoms with Gasteiger partial charge in [0.05, 0.1) is 7.11 Å². The van der Waals surface area contributed by atoms with E-state index in [1.54, 1.807) is 13.2 Å². The third kappa shape index (κ3) is 3.00. The first-order valence-electron chi connectivity index (χ1n) is 5.44. The number of nitrogen functional groups attached to an aromatic ring is 1. The topological polar surface area (TPSA) is 73.1 Å². The molecule has 0 unspecified atom stereocenters. The number of benzene rings is 1. The number of rotatable bonds is 4. The summed E-state index contributed by atoms with van der Waals surface area (Å²) in [6.45, 7) is 0.416. The molecular weight excluding hydrogens is 287 g/mol. The van der Waals surface area contributed by atoms with Gasteiger partial charge in [0, 0.05) is 17.1 Å². The van der Waals surface area contributed by atoms with E-state index in [9.17, 15) is 0 Å². The van der Waals surface area contributed by atoms with E-state index in [1.807, 2.05) is 12.1 Å². The Bertz CT molecular complexity index is 592. The minimum absolute atomic E-state index is 0.227. The van der Waals surface area contributed by atoms with Gasteiger partial charge in [-0.1, -0.05) is 29.3 Å². The predicted molar refractivity (Wildman–Crippen MR) is 76.8 cm³/mol. The Morgan fingerprint density at radius 3 is 2.84 bits per heavy atom. The zero-order valence-electron chi connectivity index (χ0n) is 10.2. The molecule has 1 heterocycles. The first kappa shape index (κ1) is 13.7. The largest absolute Gasteiger partial charge is 0.496 e. The van der Waals surface area contributed by atoms with Crippen molar-refractivity contribution in [2.24, 2.45) is 0 Å². The van der Waals surface area contributed by atoms with Gasteiger partial charge in [-0.05, 0) is 12.1 Å². The fraction of sp³-hybridized carbons (Fsp3) is 0.167. The van der Waals surface area contributed by atoms with E-state index in [1.165, 1.54) is 6.33 Å². The van der Waals surface area contributed by atoms with Gasteiger partial charge in [-0.25, -0.2) is 9.97 Å². The maximum atomic E-state index is 6.14. The summed E-state index contributed by atoms with van der Waals surface area (Å²) in [6, 6.07) is 5.44. The summed E-state index contributed by atoms with van der Waals surface area (Å²) in [4.78, 5) is 7.81. The molecule has 19 heavy (non-hydrogen) atoms. The van der Waals surface area contributed by atoms with Crippen LogP contribution < -0.4 is 15.8 Å². The van der Waals surface area contributed by atoms with Crippen LogP contribution >= 0.6 is 23.2 Å². The van der Waals surface area contributed by atoms with Gasteiger partial charge in [0.25, 0.3) is 0 Å². The Labute approximate surface area is 120 Å². The number of ether oxygens (including phenoxy) is 1. The van der Waals surface area contributed by atoms with E-state index in [2.05, 4.69) is 15.3 Å². The second-order valence-electron chi connectivity index (χ2n) is 3.70. The molecule has 2 aromatic rings. The van der Waals surface area contributed by atoms with Crippen LogP contribution in [0.5, 0.6) is 5.75 Å². The van der Waals surface area contributed by atoms with Gasteiger partial charge in [-0.2, -0.15) is 0 Å². The van der Waals surface area contributed by atoms with Crippen LogP contribution in [0.3, 0.4) is 0 Å². The minimum Gasteiger partial charge on any atom is -0.496 e. The molecule has 0 saturated carbocycles. The van der Waals surface area contributed by atoms with Crippen LogP contribution in [0.1, 0.15) is 5.56 Å². The van der Waals surface area contributed by atoms with Crippen molar-refractivity contribution in [2.75, 3.05) is 18.2 Å². The van der Waals surface area contributed by atoms with E-state index >= 15 is 0 Å². The number of halogens is 2. The van der Waals surface area contributed by atoms with Gasteiger partial charge in [0.1, 0.15) is 22.9 Å². The number of methoxy groups -OCH3 is 1. The summed E-state index contributed by atoms with van der Waals surface area (Å²) in [5, 5.41) is 3.95. The molecule has 0 bridgehead atoms. The number of aromatic nitrogens is 2.